The molecular formula is C17H17N3O4. The first kappa shape index (κ1) is 15.7. The highest BCUT2D eigenvalue weighted by Gasteiger charge is 2.08. The van der Waals surface area contributed by atoms with Crippen LogP contribution in [0.2, 0.25) is 0 Å². The summed E-state index contributed by atoms with van der Waals surface area (Å²) < 4.78 is 11.7. The van der Waals surface area contributed by atoms with E-state index >= 15 is 0 Å². The maximum Gasteiger partial charge on any atom is 0.420 e. The van der Waals surface area contributed by atoms with Crippen LogP contribution >= 0.6 is 0 Å². The minimum atomic E-state index is -0.439. The van der Waals surface area contributed by atoms with Crippen LogP contribution < -0.4 is 21.1 Å². The quantitative estimate of drug-likeness (QED) is 0.753. The van der Waals surface area contributed by atoms with Crippen molar-refractivity contribution in [2.45, 2.75) is 6.54 Å². The molecule has 0 aliphatic heterocycles. The number of aromatic nitrogens is 1. The number of hydrogen-bond acceptors (Lipinski definition) is 4. The molecule has 0 aliphatic rings. The molecule has 0 radical (unpaired) electrons. The fraction of sp³-hybridized carbons (Fsp3) is 0.176. The fourth-order valence-electron chi connectivity index (χ4n) is 2.38. The first-order chi connectivity index (χ1) is 11.7. The average Bonchev–Trinajstić information content (AvgIpc) is 2.91. The lowest BCUT2D eigenvalue weighted by Crippen LogP contribution is -2.32. The van der Waals surface area contributed by atoms with Gasteiger partial charge in [-0.2, -0.15) is 0 Å². The Morgan fingerprint density at radius 3 is 2.88 bits per heavy atom. The van der Waals surface area contributed by atoms with Gasteiger partial charge in [0.2, 0.25) is 0 Å². The number of fused-ring (bicyclic) bond motifs is 1. The highest BCUT2D eigenvalue weighted by molar-refractivity contribution is 5.89. The Hall–Kier alpha value is -3.22. The fourth-order valence-corrected chi connectivity index (χ4v) is 2.38. The van der Waals surface area contributed by atoms with Crippen LogP contribution in [0.1, 0.15) is 0 Å². The maximum atomic E-state index is 11.9. The molecule has 0 spiro atoms. The molecule has 0 unspecified atom stereocenters. The molecule has 0 saturated heterocycles. The summed E-state index contributed by atoms with van der Waals surface area (Å²) in [7, 11) is 1.56. The van der Waals surface area contributed by atoms with Crippen LogP contribution in [-0.4, -0.2) is 24.3 Å². The van der Waals surface area contributed by atoms with Gasteiger partial charge in [0.1, 0.15) is 5.75 Å². The molecule has 24 heavy (non-hydrogen) atoms. The summed E-state index contributed by atoms with van der Waals surface area (Å²) in [5.74, 6) is 0.218. The lowest BCUT2D eigenvalue weighted by Gasteiger charge is -2.09. The van der Waals surface area contributed by atoms with Gasteiger partial charge in [-0.25, -0.2) is 9.59 Å². The van der Waals surface area contributed by atoms with E-state index in [-0.39, 0.29) is 6.03 Å². The van der Waals surface area contributed by atoms with Gasteiger partial charge < -0.3 is 19.8 Å². The zero-order valence-electron chi connectivity index (χ0n) is 13.1. The number of nitrogens with zero attached hydrogens (tertiary/aromatic N) is 1. The average molecular weight is 327 g/mol. The number of carbonyl (C=O) groups is 1. The van der Waals surface area contributed by atoms with E-state index in [0.717, 1.165) is 0 Å². The number of para-hydroxylation sites is 2. The second-order valence-corrected chi connectivity index (χ2v) is 5.10. The normalized spacial score (nSPS) is 10.5. The summed E-state index contributed by atoms with van der Waals surface area (Å²) >= 11 is 0. The molecule has 7 nitrogen and oxygen atoms in total. The molecule has 0 saturated carbocycles. The molecule has 7 heteroatoms. The van der Waals surface area contributed by atoms with Crippen molar-refractivity contribution in [3.8, 4) is 5.75 Å². The maximum absolute atomic E-state index is 11.9. The van der Waals surface area contributed by atoms with Gasteiger partial charge in [0.05, 0.1) is 12.6 Å². The van der Waals surface area contributed by atoms with Gasteiger partial charge in [0, 0.05) is 24.8 Å². The zero-order valence-corrected chi connectivity index (χ0v) is 13.1. The molecule has 0 bridgehead atoms. The zero-order chi connectivity index (χ0) is 16.9. The van der Waals surface area contributed by atoms with E-state index in [1.54, 1.807) is 49.6 Å². The standard InChI is InChI=1S/C17H17N3O4/c1-23-13-6-4-5-12(11-13)19-16(21)18-9-10-20-14-7-2-3-8-15(14)24-17(20)22/h2-8,11H,9-10H2,1H3,(H2,18,19,21). The van der Waals surface area contributed by atoms with Gasteiger partial charge in [0.15, 0.2) is 5.58 Å². The molecule has 0 aliphatic carbocycles. The van der Waals surface area contributed by atoms with E-state index in [0.29, 0.717) is 35.6 Å². The van der Waals surface area contributed by atoms with Crippen LogP contribution in [0.4, 0.5) is 10.5 Å². The van der Waals surface area contributed by atoms with Crippen molar-refractivity contribution in [1.82, 2.24) is 9.88 Å². The molecule has 3 aromatic rings. The topological polar surface area (TPSA) is 85.5 Å². The molecule has 3 rings (SSSR count). The Balaban J connectivity index is 1.58. The van der Waals surface area contributed by atoms with Crippen molar-refractivity contribution in [3.63, 3.8) is 0 Å². The summed E-state index contributed by atoms with van der Waals surface area (Å²) in [6.07, 6.45) is 0. The molecule has 124 valence electrons. The Kier molecular flexibility index (Phi) is 4.51. The van der Waals surface area contributed by atoms with E-state index in [1.165, 1.54) is 4.57 Å². The van der Waals surface area contributed by atoms with Crippen LogP contribution in [0.25, 0.3) is 11.1 Å². The SMILES string of the molecule is COc1cccc(NC(=O)NCCn2c(=O)oc3ccccc32)c1. The third kappa shape index (κ3) is 3.40. The summed E-state index contributed by atoms with van der Waals surface area (Å²) in [6.45, 7) is 0.612. The van der Waals surface area contributed by atoms with Gasteiger partial charge in [0.25, 0.3) is 0 Å². The number of urea groups is 1. The highest BCUT2D eigenvalue weighted by atomic mass is 16.5. The minimum absolute atomic E-state index is 0.291. The van der Waals surface area contributed by atoms with Crippen molar-refractivity contribution in [2.24, 2.45) is 0 Å². The number of nitrogens with one attached hydrogen (secondary N) is 2. The predicted octanol–water partition coefficient (Wildman–Crippen LogP) is 2.42. The molecule has 2 N–H and O–H groups in total. The summed E-state index contributed by atoms with van der Waals surface area (Å²) in [5.41, 5.74) is 1.86. The van der Waals surface area contributed by atoms with Crippen molar-refractivity contribution >= 4 is 22.8 Å². The van der Waals surface area contributed by atoms with Gasteiger partial charge in [-0.05, 0) is 24.3 Å². The third-order valence-electron chi connectivity index (χ3n) is 3.52. The predicted molar refractivity (Wildman–Crippen MR) is 90.5 cm³/mol. The van der Waals surface area contributed by atoms with Crippen molar-refractivity contribution < 1.29 is 13.9 Å². The Labute approximate surface area is 137 Å². The van der Waals surface area contributed by atoms with Crippen LogP contribution in [0.15, 0.2) is 57.7 Å². The number of methoxy groups -OCH3 is 1. The Bertz CT molecular complexity index is 913. The second-order valence-electron chi connectivity index (χ2n) is 5.10. The van der Waals surface area contributed by atoms with Crippen molar-refractivity contribution in [1.29, 1.82) is 0 Å². The monoisotopic (exact) mass is 327 g/mol. The number of rotatable bonds is 5. The van der Waals surface area contributed by atoms with Crippen LogP contribution in [-0.2, 0) is 6.54 Å². The molecule has 2 amide bonds. The lowest BCUT2D eigenvalue weighted by molar-refractivity contribution is 0.251. The first-order valence-corrected chi connectivity index (χ1v) is 7.44. The molecule has 0 atom stereocenters. The van der Waals surface area contributed by atoms with E-state index in [1.807, 2.05) is 6.07 Å². The van der Waals surface area contributed by atoms with Gasteiger partial charge in [-0.15, -0.1) is 0 Å². The summed E-state index contributed by atoms with van der Waals surface area (Å²) in [5, 5.41) is 5.41. The number of benzene rings is 2. The number of oxazole rings is 1. The van der Waals surface area contributed by atoms with Crippen LogP contribution in [0, 0.1) is 0 Å². The first-order valence-electron chi connectivity index (χ1n) is 7.44. The van der Waals surface area contributed by atoms with E-state index in [2.05, 4.69) is 10.6 Å². The number of carbonyl (C=O) groups excluding carboxylic acids is 1. The molecule has 1 aromatic heterocycles. The van der Waals surface area contributed by atoms with E-state index in [4.69, 9.17) is 9.15 Å². The van der Waals surface area contributed by atoms with Crippen molar-refractivity contribution in [2.75, 3.05) is 19.0 Å². The number of hydrogen-bond donors (Lipinski definition) is 2. The molecule has 0 fully saturated rings. The lowest BCUT2D eigenvalue weighted by atomic mass is 10.3. The summed E-state index contributed by atoms with van der Waals surface area (Å²) in [6, 6.07) is 13.9. The molecule has 1 heterocycles. The number of amides is 2. The molecular weight excluding hydrogens is 310 g/mol. The van der Waals surface area contributed by atoms with E-state index in [9.17, 15) is 9.59 Å². The number of ether oxygens (including phenoxy) is 1. The van der Waals surface area contributed by atoms with Gasteiger partial charge in [-0.1, -0.05) is 18.2 Å². The Morgan fingerprint density at radius 2 is 2.04 bits per heavy atom. The smallest absolute Gasteiger partial charge is 0.420 e. The number of anilines is 1. The third-order valence-corrected chi connectivity index (χ3v) is 3.52. The van der Waals surface area contributed by atoms with Crippen molar-refractivity contribution in [3.05, 3.63) is 59.1 Å². The highest BCUT2D eigenvalue weighted by Crippen LogP contribution is 2.16. The largest absolute Gasteiger partial charge is 0.497 e. The van der Waals surface area contributed by atoms with Crippen LogP contribution in [0.5, 0.6) is 5.75 Å². The summed E-state index contributed by atoms with van der Waals surface area (Å²) in [4.78, 5) is 23.7. The van der Waals surface area contributed by atoms with Gasteiger partial charge in [-0.3, -0.25) is 4.57 Å². The minimum Gasteiger partial charge on any atom is -0.497 e. The van der Waals surface area contributed by atoms with Gasteiger partial charge >= 0.3 is 11.8 Å². The van der Waals surface area contributed by atoms with Crippen LogP contribution in [0.3, 0.4) is 0 Å². The molecule has 2 aromatic carbocycles. The Morgan fingerprint density at radius 1 is 1.21 bits per heavy atom. The van der Waals surface area contributed by atoms with E-state index < -0.39 is 5.76 Å². The second kappa shape index (κ2) is 6.91.